The first-order valence-electron chi connectivity index (χ1n) is 6.51. The third kappa shape index (κ3) is 3.67. The van der Waals surface area contributed by atoms with Crippen LogP contribution in [0.2, 0.25) is 5.02 Å². The molecule has 21 heavy (non-hydrogen) atoms. The van der Waals surface area contributed by atoms with E-state index in [1.807, 2.05) is 19.1 Å². The summed E-state index contributed by atoms with van der Waals surface area (Å²) in [7, 11) is 1.51. The van der Waals surface area contributed by atoms with Crippen molar-refractivity contribution in [1.82, 2.24) is 5.32 Å². The molecule has 0 aliphatic rings. The Bertz CT molecular complexity index is 641. The Labute approximate surface area is 128 Å². The summed E-state index contributed by atoms with van der Waals surface area (Å²) in [6.45, 7) is 1.91. The van der Waals surface area contributed by atoms with Crippen molar-refractivity contribution in [3.8, 4) is 5.75 Å². The number of anilines is 1. The molecule has 5 heteroatoms. The zero-order chi connectivity index (χ0) is 15.4. The van der Waals surface area contributed by atoms with E-state index in [-0.39, 0.29) is 11.9 Å². The summed E-state index contributed by atoms with van der Waals surface area (Å²) in [5.41, 5.74) is 7.66. The molecule has 0 fully saturated rings. The zero-order valence-corrected chi connectivity index (χ0v) is 12.6. The first-order chi connectivity index (χ1) is 10.0. The molecule has 2 aromatic carbocycles. The number of nitrogen functional groups attached to an aromatic ring is 1. The van der Waals surface area contributed by atoms with Crippen LogP contribution in [0.3, 0.4) is 0 Å². The average Bonchev–Trinajstić information content (AvgIpc) is 2.47. The van der Waals surface area contributed by atoms with Gasteiger partial charge in [0, 0.05) is 16.8 Å². The van der Waals surface area contributed by atoms with Crippen molar-refractivity contribution in [2.75, 3.05) is 12.8 Å². The lowest BCUT2D eigenvalue weighted by molar-refractivity contribution is 0.0937. The number of carbonyl (C=O) groups excluding carboxylic acids is 1. The molecule has 110 valence electrons. The van der Waals surface area contributed by atoms with Gasteiger partial charge in [-0.3, -0.25) is 4.79 Å². The van der Waals surface area contributed by atoms with Gasteiger partial charge in [-0.1, -0.05) is 23.7 Å². The molecule has 0 unspecified atom stereocenters. The van der Waals surface area contributed by atoms with Crippen LogP contribution in [0.15, 0.2) is 42.5 Å². The Balaban J connectivity index is 2.16. The van der Waals surface area contributed by atoms with E-state index in [4.69, 9.17) is 22.1 Å². The van der Waals surface area contributed by atoms with Gasteiger partial charge in [-0.05, 0) is 36.8 Å². The van der Waals surface area contributed by atoms with Gasteiger partial charge in [-0.2, -0.15) is 0 Å². The second-order valence-corrected chi connectivity index (χ2v) is 5.14. The molecule has 0 heterocycles. The Morgan fingerprint density at radius 3 is 2.52 bits per heavy atom. The topological polar surface area (TPSA) is 64.3 Å². The van der Waals surface area contributed by atoms with Crippen LogP contribution in [-0.2, 0) is 0 Å². The molecule has 0 aliphatic heterocycles. The molecule has 0 bridgehead atoms. The van der Waals surface area contributed by atoms with Crippen molar-refractivity contribution in [2.45, 2.75) is 13.0 Å². The Kier molecular flexibility index (Phi) is 4.70. The van der Waals surface area contributed by atoms with Gasteiger partial charge in [0.05, 0.1) is 18.7 Å². The summed E-state index contributed by atoms with van der Waals surface area (Å²) < 4.78 is 5.19. The molecular weight excluding hydrogens is 288 g/mol. The maximum Gasteiger partial charge on any atom is 0.255 e. The minimum atomic E-state index is -0.214. The predicted octanol–water partition coefficient (Wildman–Crippen LogP) is 3.42. The average molecular weight is 305 g/mol. The van der Waals surface area contributed by atoms with E-state index in [0.717, 1.165) is 5.56 Å². The molecule has 0 aromatic heterocycles. The van der Waals surface area contributed by atoms with Crippen LogP contribution in [0.1, 0.15) is 28.9 Å². The second-order valence-electron chi connectivity index (χ2n) is 4.71. The highest BCUT2D eigenvalue weighted by atomic mass is 35.5. The third-order valence-electron chi connectivity index (χ3n) is 3.19. The van der Waals surface area contributed by atoms with Gasteiger partial charge >= 0.3 is 0 Å². The summed E-state index contributed by atoms with van der Waals surface area (Å²) in [4.78, 5) is 12.3. The lowest BCUT2D eigenvalue weighted by atomic mass is 10.1. The van der Waals surface area contributed by atoms with Gasteiger partial charge < -0.3 is 15.8 Å². The summed E-state index contributed by atoms with van der Waals surface area (Å²) in [5, 5.41) is 3.59. The van der Waals surface area contributed by atoms with Crippen molar-refractivity contribution in [1.29, 1.82) is 0 Å². The summed E-state index contributed by atoms with van der Waals surface area (Å²) >= 11 is 5.86. The number of nitrogens with one attached hydrogen (secondary N) is 1. The van der Waals surface area contributed by atoms with E-state index in [9.17, 15) is 4.79 Å². The zero-order valence-electron chi connectivity index (χ0n) is 11.9. The van der Waals surface area contributed by atoms with E-state index in [1.54, 1.807) is 30.3 Å². The molecule has 2 rings (SSSR count). The highest BCUT2D eigenvalue weighted by Gasteiger charge is 2.15. The first kappa shape index (κ1) is 15.2. The predicted molar refractivity (Wildman–Crippen MR) is 84.7 cm³/mol. The van der Waals surface area contributed by atoms with Crippen molar-refractivity contribution in [2.24, 2.45) is 0 Å². The second kappa shape index (κ2) is 6.50. The maximum absolute atomic E-state index is 12.3. The number of ether oxygens (including phenoxy) is 1. The van der Waals surface area contributed by atoms with E-state index >= 15 is 0 Å². The highest BCUT2D eigenvalue weighted by Crippen LogP contribution is 2.23. The van der Waals surface area contributed by atoms with Gasteiger partial charge in [0.2, 0.25) is 0 Å². The molecule has 4 nitrogen and oxygen atoms in total. The van der Waals surface area contributed by atoms with Crippen LogP contribution in [0.5, 0.6) is 5.75 Å². The van der Waals surface area contributed by atoms with Gasteiger partial charge in [-0.15, -0.1) is 0 Å². The molecule has 0 saturated heterocycles. The Morgan fingerprint density at radius 1 is 1.24 bits per heavy atom. The number of halogens is 1. The van der Waals surface area contributed by atoms with Crippen LogP contribution in [0, 0.1) is 0 Å². The number of benzene rings is 2. The monoisotopic (exact) mass is 304 g/mol. The molecule has 1 amide bonds. The third-order valence-corrected chi connectivity index (χ3v) is 3.44. The fourth-order valence-corrected chi connectivity index (χ4v) is 2.13. The lowest BCUT2D eigenvalue weighted by Crippen LogP contribution is -2.27. The Morgan fingerprint density at radius 2 is 1.90 bits per heavy atom. The molecule has 1 atom stereocenters. The fourth-order valence-electron chi connectivity index (χ4n) is 2.00. The maximum atomic E-state index is 12.3. The largest absolute Gasteiger partial charge is 0.496 e. The van der Waals surface area contributed by atoms with Crippen molar-refractivity contribution in [3.05, 3.63) is 58.6 Å². The van der Waals surface area contributed by atoms with Gasteiger partial charge in [0.1, 0.15) is 5.75 Å². The van der Waals surface area contributed by atoms with Crippen LogP contribution in [0.4, 0.5) is 5.69 Å². The van der Waals surface area contributed by atoms with Gasteiger partial charge in [-0.25, -0.2) is 0 Å². The van der Waals surface area contributed by atoms with Crippen LogP contribution >= 0.6 is 11.6 Å². The minimum Gasteiger partial charge on any atom is -0.496 e. The molecular formula is C16H17ClN2O2. The minimum absolute atomic E-state index is 0.142. The molecule has 0 saturated carbocycles. The van der Waals surface area contributed by atoms with Gasteiger partial charge in [0.25, 0.3) is 5.91 Å². The highest BCUT2D eigenvalue weighted by molar-refractivity contribution is 6.30. The van der Waals surface area contributed by atoms with Crippen molar-refractivity contribution < 1.29 is 9.53 Å². The number of hydrogen-bond acceptors (Lipinski definition) is 3. The van der Waals surface area contributed by atoms with Crippen LogP contribution in [0.25, 0.3) is 0 Å². The molecule has 3 N–H and O–H groups in total. The van der Waals surface area contributed by atoms with Gasteiger partial charge in [0.15, 0.2) is 0 Å². The summed E-state index contributed by atoms with van der Waals surface area (Å²) in [6, 6.07) is 12.2. The number of carbonyl (C=O) groups is 1. The molecule has 0 radical (unpaired) electrons. The van der Waals surface area contributed by atoms with Crippen molar-refractivity contribution >= 4 is 23.2 Å². The van der Waals surface area contributed by atoms with E-state index in [1.165, 1.54) is 7.11 Å². The molecule has 0 aliphatic carbocycles. The normalized spacial score (nSPS) is 11.8. The number of methoxy groups -OCH3 is 1. The summed E-state index contributed by atoms with van der Waals surface area (Å²) in [6.07, 6.45) is 0. The number of nitrogens with two attached hydrogens (primary N) is 1. The number of hydrogen-bond donors (Lipinski definition) is 2. The van der Waals surface area contributed by atoms with Crippen molar-refractivity contribution in [3.63, 3.8) is 0 Å². The Hall–Kier alpha value is -2.20. The smallest absolute Gasteiger partial charge is 0.255 e. The van der Waals surface area contributed by atoms with Crippen LogP contribution < -0.4 is 15.8 Å². The summed E-state index contributed by atoms with van der Waals surface area (Å²) in [5.74, 6) is 0.241. The fraction of sp³-hybridized carbons (Fsp3) is 0.188. The SMILES string of the molecule is COc1cc(N)ccc1C(=O)N[C@@H](C)c1ccc(Cl)cc1. The quantitative estimate of drug-likeness (QED) is 0.851. The van der Waals surface area contributed by atoms with E-state index in [0.29, 0.717) is 22.0 Å². The van der Waals surface area contributed by atoms with E-state index < -0.39 is 0 Å². The number of amides is 1. The standard InChI is InChI=1S/C16H17ClN2O2/c1-10(11-3-5-12(17)6-4-11)19-16(20)14-8-7-13(18)9-15(14)21-2/h3-10H,18H2,1-2H3,(H,19,20)/t10-/m0/s1. The number of rotatable bonds is 4. The lowest BCUT2D eigenvalue weighted by Gasteiger charge is -2.16. The molecule has 0 spiro atoms. The van der Waals surface area contributed by atoms with E-state index in [2.05, 4.69) is 5.32 Å². The van der Waals surface area contributed by atoms with Crippen LogP contribution in [-0.4, -0.2) is 13.0 Å². The first-order valence-corrected chi connectivity index (χ1v) is 6.89. The molecule has 2 aromatic rings.